The van der Waals surface area contributed by atoms with Gasteiger partial charge in [0.1, 0.15) is 0 Å². The first-order valence-corrected chi connectivity index (χ1v) is 34.7. The number of amides is 1. The Morgan fingerprint density at radius 2 is 0.649 bits per heavy atom. The van der Waals surface area contributed by atoms with Gasteiger partial charge in [-0.1, -0.05) is 320 Å². The lowest BCUT2D eigenvalue weighted by atomic mass is 10.0. The molecule has 6 heteroatoms. The van der Waals surface area contributed by atoms with Gasteiger partial charge in [-0.2, -0.15) is 0 Å². The van der Waals surface area contributed by atoms with Crippen molar-refractivity contribution < 1.29 is 24.5 Å². The van der Waals surface area contributed by atoms with Crippen molar-refractivity contribution in [3.8, 4) is 0 Å². The van der Waals surface area contributed by atoms with Gasteiger partial charge in [-0.25, -0.2) is 0 Å². The van der Waals surface area contributed by atoms with Gasteiger partial charge in [0, 0.05) is 12.8 Å². The summed E-state index contributed by atoms with van der Waals surface area (Å²) in [4.78, 5) is 24.6. The molecule has 6 nitrogen and oxygen atoms in total. The van der Waals surface area contributed by atoms with Gasteiger partial charge in [-0.3, -0.25) is 9.59 Å². The zero-order chi connectivity index (χ0) is 55.7. The predicted molar refractivity (Wildman–Crippen MR) is 338 cm³/mol. The van der Waals surface area contributed by atoms with Crippen LogP contribution >= 0.6 is 0 Å². The maximum atomic E-state index is 12.5. The summed E-state index contributed by atoms with van der Waals surface area (Å²) >= 11 is 0. The van der Waals surface area contributed by atoms with Crippen LogP contribution in [0.5, 0.6) is 0 Å². The second-order valence-corrected chi connectivity index (χ2v) is 23.9. The van der Waals surface area contributed by atoms with Crippen molar-refractivity contribution in [1.82, 2.24) is 5.32 Å². The van der Waals surface area contributed by atoms with Gasteiger partial charge < -0.3 is 20.3 Å². The van der Waals surface area contributed by atoms with Crippen molar-refractivity contribution in [2.24, 2.45) is 0 Å². The van der Waals surface area contributed by atoms with Crippen molar-refractivity contribution >= 4 is 11.9 Å². The number of hydrogen-bond acceptors (Lipinski definition) is 5. The lowest BCUT2D eigenvalue weighted by molar-refractivity contribution is -0.143. The first-order chi connectivity index (χ1) is 38.0. The molecule has 0 aliphatic carbocycles. The second kappa shape index (κ2) is 66.6. The molecular weight excluding hydrogens is 947 g/mol. The van der Waals surface area contributed by atoms with Gasteiger partial charge >= 0.3 is 5.97 Å². The molecule has 0 aromatic heterocycles. The molecule has 454 valence electrons. The summed E-state index contributed by atoms with van der Waals surface area (Å²) < 4.78 is 5.50. The van der Waals surface area contributed by atoms with Gasteiger partial charge in [0.15, 0.2) is 0 Å². The highest BCUT2D eigenvalue weighted by Crippen LogP contribution is 2.18. The number of esters is 1. The Labute approximate surface area is 481 Å². The monoisotopic (exact) mass is 1080 g/mol. The molecule has 0 saturated carbocycles. The number of aliphatic hydroxyl groups excluding tert-OH is 2. The number of aliphatic hydroxyl groups is 2. The molecule has 0 aromatic carbocycles. The molecular formula is C71H135NO5. The van der Waals surface area contributed by atoms with Crippen LogP contribution in [0, 0.1) is 0 Å². The largest absolute Gasteiger partial charge is 0.466 e. The van der Waals surface area contributed by atoms with E-state index < -0.39 is 12.1 Å². The summed E-state index contributed by atoms with van der Waals surface area (Å²) in [6.45, 7) is 4.95. The molecule has 1 amide bonds. The number of rotatable bonds is 65. The number of hydrogen-bond donors (Lipinski definition) is 3. The maximum Gasteiger partial charge on any atom is 0.305 e. The molecule has 0 bridgehead atoms. The van der Waals surface area contributed by atoms with E-state index in [0.29, 0.717) is 25.9 Å². The van der Waals surface area contributed by atoms with Crippen LogP contribution in [0.2, 0.25) is 0 Å². The van der Waals surface area contributed by atoms with Crippen LogP contribution in [0.1, 0.15) is 380 Å². The van der Waals surface area contributed by atoms with Crippen LogP contribution in [-0.4, -0.2) is 47.4 Å². The highest BCUT2D eigenvalue weighted by atomic mass is 16.5. The first-order valence-electron chi connectivity index (χ1n) is 34.7. The number of unbranched alkanes of at least 4 members (excludes halogenated alkanes) is 48. The van der Waals surface area contributed by atoms with E-state index >= 15 is 0 Å². The number of nitrogens with one attached hydrogen (secondary N) is 1. The number of carbonyl (C=O) groups is 2. The van der Waals surface area contributed by atoms with Crippen LogP contribution in [0.4, 0.5) is 0 Å². The fourth-order valence-electron chi connectivity index (χ4n) is 10.8. The Kier molecular flexibility index (Phi) is 64.9. The third kappa shape index (κ3) is 63.1. The van der Waals surface area contributed by atoms with E-state index in [2.05, 4.69) is 55.6 Å². The fourth-order valence-corrected chi connectivity index (χ4v) is 10.8. The lowest BCUT2D eigenvalue weighted by Crippen LogP contribution is -2.45. The zero-order valence-corrected chi connectivity index (χ0v) is 52.0. The summed E-state index contributed by atoms with van der Waals surface area (Å²) in [5.74, 6) is -0.0270. The van der Waals surface area contributed by atoms with Gasteiger partial charge in [-0.05, 0) is 83.5 Å². The molecule has 2 atom stereocenters. The van der Waals surface area contributed by atoms with Crippen LogP contribution in [0.15, 0.2) is 36.5 Å². The number of allylic oxidation sites excluding steroid dienone is 6. The smallest absolute Gasteiger partial charge is 0.305 e. The molecule has 0 aliphatic heterocycles. The average Bonchev–Trinajstić information content (AvgIpc) is 3.43. The van der Waals surface area contributed by atoms with E-state index in [0.717, 1.165) is 51.4 Å². The highest BCUT2D eigenvalue weighted by molar-refractivity contribution is 5.76. The third-order valence-corrected chi connectivity index (χ3v) is 16.2. The topological polar surface area (TPSA) is 95.9 Å². The number of ether oxygens (including phenoxy) is 1. The molecule has 0 saturated heterocycles. The lowest BCUT2D eigenvalue weighted by Gasteiger charge is -2.22. The molecule has 0 heterocycles. The van der Waals surface area contributed by atoms with E-state index in [1.165, 1.54) is 295 Å². The van der Waals surface area contributed by atoms with Gasteiger partial charge in [-0.15, -0.1) is 0 Å². The Morgan fingerprint density at radius 3 is 1.03 bits per heavy atom. The zero-order valence-electron chi connectivity index (χ0n) is 52.0. The minimum atomic E-state index is -0.666. The van der Waals surface area contributed by atoms with Gasteiger partial charge in [0.2, 0.25) is 5.91 Å². The minimum absolute atomic E-state index is 0.00700. The maximum absolute atomic E-state index is 12.5. The van der Waals surface area contributed by atoms with Crippen LogP contribution in [0.3, 0.4) is 0 Å². The summed E-state index contributed by atoms with van der Waals surface area (Å²) in [7, 11) is 0. The van der Waals surface area contributed by atoms with Crippen molar-refractivity contribution in [2.45, 2.75) is 392 Å². The molecule has 77 heavy (non-hydrogen) atoms. The Bertz CT molecular complexity index is 1250. The highest BCUT2D eigenvalue weighted by Gasteiger charge is 2.20. The summed E-state index contributed by atoms with van der Waals surface area (Å²) in [5.41, 5.74) is 0. The van der Waals surface area contributed by atoms with Crippen molar-refractivity contribution in [2.75, 3.05) is 13.2 Å². The molecule has 3 N–H and O–H groups in total. The van der Waals surface area contributed by atoms with E-state index in [9.17, 15) is 19.8 Å². The normalized spacial score (nSPS) is 12.7. The van der Waals surface area contributed by atoms with E-state index in [1.54, 1.807) is 0 Å². The van der Waals surface area contributed by atoms with Crippen LogP contribution in [0.25, 0.3) is 0 Å². The Morgan fingerprint density at radius 1 is 0.364 bits per heavy atom. The molecule has 0 aliphatic rings. The van der Waals surface area contributed by atoms with E-state index in [1.807, 2.05) is 0 Å². The first kappa shape index (κ1) is 75.1. The van der Waals surface area contributed by atoms with E-state index in [4.69, 9.17) is 4.74 Å². The second-order valence-electron chi connectivity index (χ2n) is 23.9. The molecule has 0 spiro atoms. The minimum Gasteiger partial charge on any atom is -0.466 e. The summed E-state index contributed by atoms with van der Waals surface area (Å²) in [6.07, 6.45) is 84.7. The Hall–Kier alpha value is -1.92. The van der Waals surface area contributed by atoms with E-state index in [-0.39, 0.29) is 18.5 Å². The molecule has 0 radical (unpaired) electrons. The summed E-state index contributed by atoms with van der Waals surface area (Å²) in [6, 6.07) is -0.543. The quantitative estimate of drug-likeness (QED) is 0.0320. The molecule has 0 aromatic rings. The van der Waals surface area contributed by atoms with Crippen molar-refractivity contribution in [3.05, 3.63) is 36.5 Å². The summed E-state index contributed by atoms with van der Waals surface area (Å²) in [5, 5.41) is 23.4. The molecule has 0 fully saturated rings. The van der Waals surface area contributed by atoms with Gasteiger partial charge in [0.25, 0.3) is 0 Å². The van der Waals surface area contributed by atoms with Crippen LogP contribution in [-0.2, 0) is 14.3 Å². The van der Waals surface area contributed by atoms with Gasteiger partial charge in [0.05, 0.1) is 25.4 Å². The third-order valence-electron chi connectivity index (χ3n) is 16.2. The fraction of sp³-hybridized carbons (Fsp3) is 0.887. The SMILES string of the molecule is CCCCC/C=C\C/C=C\CCCCCCCCCC(=O)OCCCCCCCCCCCCCC/C=C\CCCCCCCCCCCCC(=O)NC(CO)C(O)CCCCCCCCCCCCCCCCCCC. The average molecular weight is 1080 g/mol. The molecule has 2 unspecified atom stereocenters. The number of carbonyl (C=O) groups excluding carboxylic acids is 2. The van der Waals surface area contributed by atoms with Crippen LogP contribution < -0.4 is 5.32 Å². The van der Waals surface area contributed by atoms with Crippen molar-refractivity contribution in [3.63, 3.8) is 0 Å². The van der Waals surface area contributed by atoms with Crippen molar-refractivity contribution in [1.29, 1.82) is 0 Å². The molecule has 0 rings (SSSR count). The Balaban J connectivity index is 3.39. The standard InChI is InChI=1S/C71H135NO5/c1-3-5-7-9-11-13-15-17-19-31-35-39-43-47-51-55-59-63-69(74)68(67-73)72-70(75)64-60-56-52-48-44-40-36-33-29-27-25-23-21-22-24-26-28-30-34-38-42-46-50-54-58-62-66-77-71(76)65-61-57-53-49-45-41-37-32-20-18-16-14-12-10-8-6-4-2/h12,14,18,20-21,23,68-69,73-74H,3-11,13,15-17,19,22,24-67H2,1-2H3,(H,72,75)/b14-12-,20-18-,23-21-. The predicted octanol–water partition coefficient (Wildman–Crippen LogP) is 22.3.